The predicted molar refractivity (Wildman–Crippen MR) is 50.5 cm³/mol. The van der Waals surface area contributed by atoms with Gasteiger partial charge >= 0.3 is 0 Å². The fraction of sp³-hybridized carbons (Fsp3) is 0.750. The second-order valence-corrected chi connectivity index (χ2v) is 3.51. The summed E-state index contributed by atoms with van der Waals surface area (Å²) < 4.78 is 10.5. The van der Waals surface area contributed by atoms with E-state index < -0.39 is 0 Å². The molecule has 0 aliphatic rings. The van der Waals surface area contributed by atoms with E-state index in [1.165, 1.54) is 0 Å². The lowest BCUT2D eigenvalue weighted by molar-refractivity contribution is 0.153. The summed E-state index contributed by atoms with van der Waals surface area (Å²) in [5.74, 6) is 0.950. The summed E-state index contributed by atoms with van der Waals surface area (Å²) in [6.45, 7) is 8.10. The summed E-state index contributed by atoms with van der Waals surface area (Å²) in [4.78, 5) is 0. The number of methoxy groups -OCH3 is 1. The lowest BCUT2D eigenvalue weighted by atomic mass is 9.99. The van der Waals surface area contributed by atoms with Crippen LogP contribution in [0.25, 0.3) is 0 Å². The van der Waals surface area contributed by atoms with E-state index in [2.05, 4.69) is 13.8 Å². The molecule has 0 bridgehead atoms. The topological polar surface area (TPSA) is 18.5 Å². The van der Waals surface area contributed by atoms with Gasteiger partial charge in [0.05, 0.1) is 18.5 Å². The number of hydrogen-bond acceptors (Lipinski definition) is 2. The van der Waals surface area contributed by atoms with Crippen LogP contribution in [0.2, 0.25) is 0 Å². The summed E-state index contributed by atoms with van der Waals surface area (Å²) in [5.41, 5.74) is 1.00. The summed E-state index contributed by atoms with van der Waals surface area (Å²) in [6.07, 6.45) is 0. The molecule has 0 aromatic heterocycles. The molecule has 3 heteroatoms. The molecular weight excluding hydrogens is 156 g/mol. The fourth-order valence-electron chi connectivity index (χ4n) is 0.730. The molecule has 0 amide bonds. The molecule has 0 N–H and O–H groups in total. The third-order valence-corrected chi connectivity index (χ3v) is 3.27. The standard InChI is InChI=1S/C8H18O2Si/c1-6(7(2)9-5)8(3,4)10-11/h1-5,11H3. The van der Waals surface area contributed by atoms with E-state index in [4.69, 9.17) is 9.16 Å². The molecule has 11 heavy (non-hydrogen) atoms. The third-order valence-electron chi connectivity index (χ3n) is 2.25. The monoisotopic (exact) mass is 174 g/mol. The maximum atomic E-state index is 5.42. The maximum absolute atomic E-state index is 5.42. The van der Waals surface area contributed by atoms with Crippen LogP contribution >= 0.6 is 0 Å². The van der Waals surface area contributed by atoms with E-state index in [-0.39, 0.29) is 5.60 Å². The summed E-state index contributed by atoms with van der Waals surface area (Å²) in [5, 5.41) is 0. The van der Waals surface area contributed by atoms with Gasteiger partial charge in [0.1, 0.15) is 10.5 Å². The van der Waals surface area contributed by atoms with Gasteiger partial charge in [0.15, 0.2) is 0 Å². The Bertz CT molecular complexity index is 161. The van der Waals surface area contributed by atoms with Crippen molar-refractivity contribution < 1.29 is 9.16 Å². The zero-order chi connectivity index (χ0) is 9.07. The van der Waals surface area contributed by atoms with Crippen LogP contribution in [0.1, 0.15) is 27.7 Å². The van der Waals surface area contributed by atoms with Gasteiger partial charge in [0.25, 0.3) is 0 Å². The van der Waals surface area contributed by atoms with Crippen molar-refractivity contribution in [2.45, 2.75) is 33.3 Å². The molecule has 2 nitrogen and oxygen atoms in total. The highest BCUT2D eigenvalue weighted by molar-refractivity contribution is 5.98. The van der Waals surface area contributed by atoms with Crippen LogP contribution < -0.4 is 0 Å². The molecule has 0 fully saturated rings. The van der Waals surface area contributed by atoms with Crippen LogP contribution in [0, 0.1) is 0 Å². The van der Waals surface area contributed by atoms with Crippen LogP contribution in [-0.2, 0) is 9.16 Å². The third kappa shape index (κ3) is 2.67. The molecule has 0 saturated heterocycles. The zero-order valence-corrected chi connectivity index (χ0v) is 10.3. The first-order chi connectivity index (χ1) is 4.95. The van der Waals surface area contributed by atoms with Crippen molar-refractivity contribution in [1.29, 1.82) is 0 Å². The van der Waals surface area contributed by atoms with Crippen LogP contribution in [0.3, 0.4) is 0 Å². The van der Waals surface area contributed by atoms with E-state index in [9.17, 15) is 0 Å². The van der Waals surface area contributed by atoms with E-state index in [0.29, 0.717) is 0 Å². The van der Waals surface area contributed by atoms with Gasteiger partial charge in [0, 0.05) is 0 Å². The minimum atomic E-state index is -0.160. The maximum Gasteiger partial charge on any atom is 0.147 e. The van der Waals surface area contributed by atoms with Crippen LogP contribution in [0.5, 0.6) is 0 Å². The normalized spacial score (nSPS) is 14.6. The molecular formula is C8H18O2Si. The molecule has 0 aromatic rings. The van der Waals surface area contributed by atoms with Crippen molar-refractivity contribution in [2.24, 2.45) is 0 Å². The Morgan fingerprint density at radius 1 is 1.27 bits per heavy atom. The quantitative estimate of drug-likeness (QED) is 0.469. The van der Waals surface area contributed by atoms with Gasteiger partial charge in [-0.25, -0.2) is 0 Å². The minimum absolute atomic E-state index is 0.160. The predicted octanol–water partition coefficient (Wildman–Crippen LogP) is 1.00. The van der Waals surface area contributed by atoms with Gasteiger partial charge in [-0.1, -0.05) is 0 Å². The van der Waals surface area contributed by atoms with Gasteiger partial charge in [-0.2, -0.15) is 0 Å². The minimum Gasteiger partial charge on any atom is -0.501 e. The van der Waals surface area contributed by atoms with Crippen LogP contribution in [0.15, 0.2) is 11.3 Å². The molecule has 0 saturated carbocycles. The molecule has 66 valence electrons. The molecule has 0 atom stereocenters. The van der Waals surface area contributed by atoms with E-state index in [0.717, 1.165) is 21.8 Å². The highest BCUT2D eigenvalue weighted by Crippen LogP contribution is 2.22. The SMILES string of the molecule is COC(C)=C(C)C(C)(C)O[SiH3]. The molecule has 0 rings (SSSR count). The van der Waals surface area contributed by atoms with E-state index in [1.807, 2.05) is 13.8 Å². The van der Waals surface area contributed by atoms with Gasteiger partial charge in [-0.3, -0.25) is 0 Å². The van der Waals surface area contributed by atoms with Crippen LogP contribution in [0.4, 0.5) is 0 Å². The highest BCUT2D eigenvalue weighted by Gasteiger charge is 2.20. The Morgan fingerprint density at radius 2 is 1.73 bits per heavy atom. The summed E-state index contributed by atoms with van der Waals surface area (Å²) >= 11 is 0. The second-order valence-electron chi connectivity index (χ2n) is 3.10. The van der Waals surface area contributed by atoms with Gasteiger partial charge < -0.3 is 9.16 Å². The number of ether oxygens (including phenoxy) is 1. The van der Waals surface area contributed by atoms with E-state index in [1.54, 1.807) is 7.11 Å². The zero-order valence-electron chi connectivity index (χ0n) is 8.32. The number of hydrogen-bond donors (Lipinski definition) is 0. The van der Waals surface area contributed by atoms with Crippen molar-refractivity contribution in [1.82, 2.24) is 0 Å². The van der Waals surface area contributed by atoms with Crippen molar-refractivity contribution in [3.05, 3.63) is 11.3 Å². The largest absolute Gasteiger partial charge is 0.501 e. The number of allylic oxidation sites excluding steroid dienone is 1. The van der Waals surface area contributed by atoms with Crippen molar-refractivity contribution in [3.8, 4) is 0 Å². The Balaban J connectivity index is 4.57. The molecule has 0 aliphatic carbocycles. The lowest BCUT2D eigenvalue weighted by Gasteiger charge is -2.26. The van der Waals surface area contributed by atoms with Crippen molar-refractivity contribution in [2.75, 3.05) is 7.11 Å². The Labute approximate surface area is 72.1 Å². The Morgan fingerprint density at radius 3 is 2.00 bits per heavy atom. The molecule has 0 aliphatic heterocycles. The van der Waals surface area contributed by atoms with Gasteiger partial charge in [-0.15, -0.1) is 0 Å². The molecule has 0 spiro atoms. The van der Waals surface area contributed by atoms with E-state index >= 15 is 0 Å². The average Bonchev–Trinajstić information content (AvgIpc) is 2.01. The first-order valence-corrected chi connectivity index (χ1v) is 4.54. The Hall–Kier alpha value is -0.283. The first-order valence-electron chi connectivity index (χ1n) is 3.72. The molecule has 0 aromatic carbocycles. The van der Waals surface area contributed by atoms with Crippen LogP contribution in [-0.4, -0.2) is 23.2 Å². The van der Waals surface area contributed by atoms with Crippen molar-refractivity contribution >= 4 is 10.5 Å². The summed E-state index contributed by atoms with van der Waals surface area (Å²) in [7, 11) is 2.44. The second kappa shape index (κ2) is 3.92. The first kappa shape index (κ1) is 10.7. The lowest BCUT2D eigenvalue weighted by Crippen LogP contribution is -2.25. The van der Waals surface area contributed by atoms with Gasteiger partial charge in [-0.05, 0) is 33.3 Å². The summed E-state index contributed by atoms with van der Waals surface area (Å²) in [6, 6.07) is 0. The molecule has 0 heterocycles. The van der Waals surface area contributed by atoms with Gasteiger partial charge in [0.2, 0.25) is 0 Å². The average molecular weight is 174 g/mol. The Kier molecular flexibility index (Phi) is 3.82. The molecule has 0 radical (unpaired) electrons. The molecule has 0 unspecified atom stereocenters. The fourth-order valence-corrected chi connectivity index (χ4v) is 1.04. The highest BCUT2D eigenvalue weighted by atomic mass is 28.2. The number of rotatable bonds is 3. The van der Waals surface area contributed by atoms with Crippen molar-refractivity contribution in [3.63, 3.8) is 0 Å². The smallest absolute Gasteiger partial charge is 0.147 e.